The number of aromatic nitrogens is 2. The number of fused-ring (bicyclic) bond motifs is 1. The average Bonchev–Trinajstić information content (AvgIpc) is 2.55. The van der Waals surface area contributed by atoms with Crippen LogP contribution in [0.1, 0.15) is 51.6 Å². The third-order valence-electron chi connectivity index (χ3n) is 4.21. The molecular formula is C18H23N5. The maximum Gasteiger partial charge on any atom is 0.143 e. The van der Waals surface area contributed by atoms with Gasteiger partial charge in [-0.05, 0) is 38.8 Å². The Hall–Kier alpha value is -2.35. The van der Waals surface area contributed by atoms with Crippen molar-refractivity contribution >= 4 is 22.4 Å². The van der Waals surface area contributed by atoms with E-state index in [1.54, 1.807) is 6.07 Å². The molecule has 0 atom stereocenters. The number of pyridine rings is 2. The van der Waals surface area contributed by atoms with Crippen molar-refractivity contribution < 1.29 is 0 Å². The summed E-state index contributed by atoms with van der Waals surface area (Å²) < 4.78 is 0. The number of hydrogen-bond acceptors (Lipinski definition) is 5. The molecule has 0 aliphatic heterocycles. The molecule has 2 aromatic heterocycles. The van der Waals surface area contributed by atoms with Crippen molar-refractivity contribution in [3.05, 3.63) is 24.0 Å². The topological polar surface area (TPSA) is 73.6 Å². The van der Waals surface area contributed by atoms with E-state index in [0.29, 0.717) is 11.7 Å². The van der Waals surface area contributed by atoms with Crippen LogP contribution < -0.4 is 10.6 Å². The first-order valence-electron chi connectivity index (χ1n) is 8.39. The molecule has 0 spiro atoms. The fraction of sp³-hybridized carbons (Fsp3) is 0.500. The lowest BCUT2D eigenvalue weighted by atomic mass is 9.95. The second-order valence-corrected chi connectivity index (χ2v) is 6.54. The Bertz CT molecular complexity index is 726. The van der Waals surface area contributed by atoms with Crippen molar-refractivity contribution in [2.45, 2.75) is 58.0 Å². The maximum absolute atomic E-state index is 9.15. The van der Waals surface area contributed by atoms with Gasteiger partial charge in [-0.25, -0.2) is 9.97 Å². The molecule has 3 rings (SSSR count). The van der Waals surface area contributed by atoms with Gasteiger partial charge >= 0.3 is 0 Å². The van der Waals surface area contributed by atoms with Crippen molar-refractivity contribution in [3.63, 3.8) is 0 Å². The van der Waals surface area contributed by atoms with E-state index in [-0.39, 0.29) is 6.04 Å². The van der Waals surface area contributed by atoms with Gasteiger partial charge in [0.1, 0.15) is 23.4 Å². The van der Waals surface area contributed by atoms with Crippen LogP contribution in [0.3, 0.4) is 0 Å². The molecule has 2 N–H and O–H groups in total. The third-order valence-corrected chi connectivity index (χ3v) is 4.21. The highest BCUT2D eigenvalue weighted by Crippen LogP contribution is 2.27. The molecule has 1 saturated carbocycles. The first-order valence-corrected chi connectivity index (χ1v) is 8.39. The van der Waals surface area contributed by atoms with Crippen LogP contribution in [0.5, 0.6) is 0 Å². The lowest BCUT2D eigenvalue weighted by Gasteiger charge is -2.23. The Morgan fingerprint density at radius 2 is 2.00 bits per heavy atom. The van der Waals surface area contributed by atoms with Gasteiger partial charge in [0.15, 0.2) is 0 Å². The average molecular weight is 309 g/mol. The van der Waals surface area contributed by atoms with E-state index >= 15 is 0 Å². The summed E-state index contributed by atoms with van der Waals surface area (Å²) in [7, 11) is 0. The van der Waals surface area contributed by atoms with E-state index in [1.807, 2.05) is 12.3 Å². The van der Waals surface area contributed by atoms with Gasteiger partial charge in [-0.15, -0.1) is 0 Å². The smallest absolute Gasteiger partial charge is 0.143 e. The molecule has 2 heterocycles. The summed E-state index contributed by atoms with van der Waals surface area (Å²) >= 11 is 0. The molecule has 2 aromatic rings. The minimum atomic E-state index is 0.252. The molecule has 0 bridgehead atoms. The lowest BCUT2D eigenvalue weighted by molar-refractivity contribution is 0.462. The molecule has 0 amide bonds. The Labute approximate surface area is 137 Å². The van der Waals surface area contributed by atoms with Crippen LogP contribution in [0.4, 0.5) is 11.6 Å². The molecular weight excluding hydrogens is 286 g/mol. The summed E-state index contributed by atoms with van der Waals surface area (Å²) in [6, 6.07) is 6.72. The van der Waals surface area contributed by atoms with Gasteiger partial charge in [0.25, 0.3) is 0 Å². The molecule has 1 aliphatic carbocycles. The third kappa shape index (κ3) is 3.70. The summed E-state index contributed by atoms with van der Waals surface area (Å²) in [6.07, 6.45) is 8.17. The van der Waals surface area contributed by atoms with Gasteiger partial charge in [0, 0.05) is 29.1 Å². The van der Waals surface area contributed by atoms with Crippen LogP contribution in [0.15, 0.2) is 18.3 Å². The maximum atomic E-state index is 9.15. The molecule has 23 heavy (non-hydrogen) atoms. The number of nitrogens with zero attached hydrogens (tertiary/aromatic N) is 3. The highest BCUT2D eigenvalue weighted by molar-refractivity contribution is 5.93. The molecule has 0 aromatic carbocycles. The van der Waals surface area contributed by atoms with Crippen LogP contribution in [0, 0.1) is 11.3 Å². The van der Waals surface area contributed by atoms with Gasteiger partial charge in [-0.3, -0.25) is 0 Å². The van der Waals surface area contributed by atoms with E-state index in [0.717, 1.165) is 22.4 Å². The summed E-state index contributed by atoms with van der Waals surface area (Å²) in [5.41, 5.74) is 0.412. The number of nitriles is 1. The standard InChI is InChI=1S/C18H23N5/c1-12(2)21-18-16-9-17(22-14-6-4-3-5-7-14)20-11-13(16)8-15(10-19)23-18/h8-9,11-12,14H,3-7H2,1-2H3,(H,20,22)(H,21,23). The zero-order valence-corrected chi connectivity index (χ0v) is 13.8. The van der Waals surface area contributed by atoms with Crippen LogP contribution >= 0.6 is 0 Å². The van der Waals surface area contributed by atoms with Crippen LogP contribution in [0.2, 0.25) is 0 Å². The molecule has 0 unspecified atom stereocenters. The van der Waals surface area contributed by atoms with E-state index in [4.69, 9.17) is 5.26 Å². The Balaban J connectivity index is 1.94. The first-order chi connectivity index (χ1) is 11.2. The van der Waals surface area contributed by atoms with E-state index in [9.17, 15) is 0 Å². The fourth-order valence-electron chi connectivity index (χ4n) is 3.12. The van der Waals surface area contributed by atoms with E-state index in [2.05, 4.69) is 40.5 Å². The van der Waals surface area contributed by atoms with Crippen molar-refractivity contribution in [2.75, 3.05) is 10.6 Å². The quantitative estimate of drug-likeness (QED) is 0.890. The molecule has 1 aliphatic rings. The second-order valence-electron chi connectivity index (χ2n) is 6.54. The number of hydrogen-bond donors (Lipinski definition) is 2. The SMILES string of the molecule is CC(C)Nc1nc(C#N)cc2cnc(NC3CCCCC3)cc12. The summed E-state index contributed by atoms with van der Waals surface area (Å²) in [5, 5.41) is 18.0. The van der Waals surface area contributed by atoms with Gasteiger partial charge in [0.2, 0.25) is 0 Å². The molecule has 120 valence electrons. The summed E-state index contributed by atoms with van der Waals surface area (Å²) in [4.78, 5) is 8.94. The van der Waals surface area contributed by atoms with Gasteiger partial charge in [-0.2, -0.15) is 5.26 Å². The fourth-order valence-corrected chi connectivity index (χ4v) is 3.12. The minimum Gasteiger partial charge on any atom is -0.367 e. The van der Waals surface area contributed by atoms with Crippen molar-refractivity contribution in [1.29, 1.82) is 5.26 Å². The molecule has 0 radical (unpaired) electrons. The summed E-state index contributed by atoms with van der Waals surface area (Å²) in [6.45, 7) is 4.13. The van der Waals surface area contributed by atoms with E-state index < -0.39 is 0 Å². The minimum absolute atomic E-state index is 0.252. The monoisotopic (exact) mass is 309 g/mol. The molecule has 5 heteroatoms. The Morgan fingerprint density at radius 3 is 2.70 bits per heavy atom. The number of nitrogens with one attached hydrogen (secondary N) is 2. The van der Waals surface area contributed by atoms with Crippen molar-refractivity contribution in [3.8, 4) is 6.07 Å². The number of rotatable bonds is 4. The van der Waals surface area contributed by atoms with Crippen molar-refractivity contribution in [2.24, 2.45) is 0 Å². The highest BCUT2D eigenvalue weighted by Gasteiger charge is 2.14. The number of anilines is 2. The van der Waals surface area contributed by atoms with Crippen molar-refractivity contribution in [1.82, 2.24) is 9.97 Å². The van der Waals surface area contributed by atoms with Crippen LogP contribution in [-0.4, -0.2) is 22.1 Å². The Kier molecular flexibility index (Phi) is 4.61. The summed E-state index contributed by atoms with van der Waals surface area (Å²) in [5.74, 6) is 1.64. The Morgan fingerprint density at radius 1 is 1.22 bits per heavy atom. The highest BCUT2D eigenvalue weighted by atomic mass is 15.0. The molecule has 0 saturated heterocycles. The molecule has 1 fully saturated rings. The predicted octanol–water partition coefficient (Wildman–Crippen LogP) is 4.07. The van der Waals surface area contributed by atoms with Gasteiger partial charge in [0.05, 0.1) is 0 Å². The normalized spacial score (nSPS) is 15.6. The molecule has 5 nitrogen and oxygen atoms in total. The predicted molar refractivity (Wildman–Crippen MR) is 93.5 cm³/mol. The second kappa shape index (κ2) is 6.82. The zero-order chi connectivity index (χ0) is 16.2. The lowest BCUT2D eigenvalue weighted by Crippen LogP contribution is -2.22. The van der Waals surface area contributed by atoms with Crippen LogP contribution in [-0.2, 0) is 0 Å². The van der Waals surface area contributed by atoms with Gasteiger partial charge in [-0.1, -0.05) is 19.3 Å². The zero-order valence-electron chi connectivity index (χ0n) is 13.8. The first kappa shape index (κ1) is 15.5. The van der Waals surface area contributed by atoms with E-state index in [1.165, 1.54) is 32.1 Å². The largest absolute Gasteiger partial charge is 0.367 e. The van der Waals surface area contributed by atoms with Crippen LogP contribution in [0.25, 0.3) is 10.8 Å². The van der Waals surface area contributed by atoms with Gasteiger partial charge < -0.3 is 10.6 Å².